The molecule has 49 heavy (non-hydrogen) atoms. The average Bonchev–Trinajstić information content (AvgIpc) is 3.09. The molecule has 9 heteroatoms. The number of unbranched alkanes of at least 4 members (excludes halogenated alkanes) is 25. The quantitative estimate of drug-likeness (QED) is 0.0278. The number of esters is 1. The van der Waals surface area contributed by atoms with Crippen LogP contribution in [-0.4, -0.2) is 49.9 Å². The van der Waals surface area contributed by atoms with Crippen LogP contribution in [0.1, 0.15) is 200 Å². The molecule has 0 bridgehead atoms. The van der Waals surface area contributed by atoms with Crippen molar-refractivity contribution in [2.45, 2.75) is 206 Å². The van der Waals surface area contributed by atoms with Crippen molar-refractivity contribution in [1.29, 1.82) is 0 Å². The highest BCUT2D eigenvalue weighted by Gasteiger charge is 2.25. The zero-order valence-corrected chi connectivity index (χ0v) is 33.1. The van der Waals surface area contributed by atoms with E-state index in [9.17, 15) is 14.3 Å². The molecule has 0 rings (SSSR count). The summed E-state index contributed by atoms with van der Waals surface area (Å²) < 4.78 is 33.3. The second kappa shape index (κ2) is 38.5. The number of hydrogen-bond acceptors (Lipinski definition) is 7. The van der Waals surface area contributed by atoms with E-state index in [2.05, 4.69) is 26.0 Å². The summed E-state index contributed by atoms with van der Waals surface area (Å²) in [6.45, 7) is 4.94. The van der Waals surface area contributed by atoms with Gasteiger partial charge in [-0.1, -0.05) is 167 Å². The highest BCUT2D eigenvalue weighted by molar-refractivity contribution is 7.47. The molecule has 8 nitrogen and oxygen atoms in total. The van der Waals surface area contributed by atoms with E-state index in [1.807, 2.05) is 0 Å². The van der Waals surface area contributed by atoms with Crippen molar-refractivity contribution >= 4 is 13.8 Å². The minimum Gasteiger partial charge on any atom is -0.457 e. The summed E-state index contributed by atoms with van der Waals surface area (Å²) >= 11 is 0. The first-order chi connectivity index (χ1) is 23.9. The third-order valence-electron chi connectivity index (χ3n) is 8.93. The number of rotatable bonds is 40. The molecule has 0 radical (unpaired) electrons. The summed E-state index contributed by atoms with van der Waals surface area (Å²) in [7, 11) is -4.27. The van der Waals surface area contributed by atoms with Gasteiger partial charge < -0.3 is 20.1 Å². The minimum absolute atomic E-state index is 0.0927. The standard InChI is InChI=1S/C40H80NO7P/c1-3-5-7-9-11-13-15-16-17-18-19-20-21-22-23-25-27-29-31-33-40(42)48-39(38-47-49(43,44)46-36-34-41)37-45-35-32-30-28-26-24-14-12-10-8-6-4-2/h16-17,39H,3-15,18-38,41H2,1-2H3,(H,43,44)/b17-16-. The predicted molar refractivity (Wildman–Crippen MR) is 206 cm³/mol. The van der Waals surface area contributed by atoms with Gasteiger partial charge in [0.1, 0.15) is 6.10 Å². The first-order valence-electron chi connectivity index (χ1n) is 20.7. The van der Waals surface area contributed by atoms with Gasteiger partial charge in [-0.2, -0.15) is 0 Å². The number of nitrogens with two attached hydrogens (primary N) is 1. The van der Waals surface area contributed by atoms with Crippen molar-refractivity contribution in [2.24, 2.45) is 5.73 Å². The van der Waals surface area contributed by atoms with E-state index in [1.54, 1.807) is 0 Å². The molecule has 0 heterocycles. The summed E-state index contributed by atoms with van der Waals surface area (Å²) in [6.07, 6.45) is 39.4. The van der Waals surface area contributed by atoms with E-state index in [1.165, 1.54) is 148 Å². The summed E-state index contributed by atoms with van der Waals surface area (Å²) in [4.78, 5) is 22.4. The number of phosphoric acid groups is 1. The van der Waals surface area contributed by atoms with Gasteiger partial charge in [-0.25, -0.2) is 4.57 Å². The summed E-state index contributed by atoms with van der Waals surface area (Å²) in [5.41, 5.74) is 5.36. The summed E-state index contributed by atoms with van der Waals surface area (Å²) in [6, 6.07) is 0. The average molecular weight is 718 g/mol. The van der Waals surface area contributed by atoms with Gasteiger partial charge >= 0.3 is 13.8 Å². The van der Waals surface area contributed by atoms with E-state index < -0.39 is 13.9 Å². The second-order valence-corrected chi connectivity index (χ2v) is 15.3. The molecule has 2 unspecified atom stereocenters. The Kier molecular flexibility index (Phi) is 37.9. The third-order valence-corrected chi connectivity index (χ3v) is 9.92. The highest BCUT2D eigenvalue weighted by Crippen LogP contribution is 2.43. The topological polar surface area (TPSA) is 117 Å². The minimum atomic E-state index is -4.27. The van der Waals surface area contributed by atoms with E-state index in [4.69, 9.17) is 24.3 Å². The van der Waals surface area contributed by atoms with Crippen molar-refractivity contribution in [3.05, 3.63) is 12.2 Å². The lowest BCUT2D eigenvalue weighted by Gasteiger charge is -2.20. The van der Waals surface area contributed by atoms with Crippen LogP contribution in [0, 0.1) is 0 Å². The highest BCUT2D eigenvalue weighted by atomic mass is 31.2. The van der Waals surface area contributed by atoms with Crippen molar-refractivity contribution in [2.75, 3.05) is 33.0 Å². The molecule has 0 aromatic carbocycles. The Hall–Kier alpha value is -0.760. The van der Waals surface area contributed by atoms with Crippen molar-refractivity contribution in [3.8, 4) is 0 Å². The Labute approximate surface area is 303 Å². The first-order valence-corrected chi connectivity index (χ1v) is 22.2. The van der Waals surface area contributed by atoms with Gasteiger partial charge in [0.15, 0.2) is 0 Å². The number of hydrogen-bond donors (Lipinski definition) is 2. The fraction of sp³-hybridized carbons (Fsp3) is 0.925. The second-order valence-electron chi connectivity index (χ2n) is 13.9. The van der Waals surface area contributed by atoms with E-state index in [0.29, 0.717) is 13.0 Å². The molecule has 0 spiro atoms. The number of allylic oxidation sites excluding steroid dienone is 2. The van der Waals surface area contributed by atoms with Gasteiger partial charge in [-0.3, -0.25) is 13.8 Å². The molecule has 3 N–H and O–H groups in total. The van der Waals surface area contributed by atoms with E-state index in [0.717, 1.165) is 32.1 Å². The fourth-order valence-corrected chi connectivity index (χ4v) is 6.64. The van der Waals surface area contributed by atoms with Crippen LogP contribution < -0.4 is 5.73 Å². The van der Waals surface area contributed by atoms with Crippen LogP contribution in [-0.2, 0) is 27.9 Å². The number of carbonyl (C=O) groups excluding carboxylic acids is 1. The Morgan fingerprint density at radius 1 is 0.592 bits per heavy atom. The molecular weight excluding hydrogens is 637 g/mol. The lowest BCUT2D eigenvalue weighted by molar-refractivity contribution is -0.154. The lowest BCUT2D eigenvalue weighted by atomic mass is 10.1. The first kappa shape index (κ1) is 48.2. The molecule has 0 aromatic heterocycles. The van der Waals surface area contributed by atoms with Crippen LogP contribution in [0.5, 0.6) is 0 Å². The molecule has 0 aliphatic rings. The Morgan fingerprint density at radius 3 is 1.49 bits per heavy atom. The van der Waals surface area contributed by atoms with Gasteiger partial charge in [0.05, 0.1) is 19.8 Å². The van der Waals surface area contributed by atoms with E-state index in [-0.39, 0.29) is 32.3 Å². The molecular formula is C40H80NO7P. The van der Waals surface area contributed by atoms with Crippen molar-refractivity contribution < 1.29 is 32.8 Å². The zero-order chi connectivity index (χ0) is 35.9. The van der Waals surface area contributed by atoms with Gasteiger partial charge in [0.25, 0.3) is 0 Å². The molecule has 292 valence electrons. The van der Waals surface area contributed by atoms with Gasteiger partial charge in [-0.05, 0) is 38.5 Å². The Bertz CT molecular complexity index is 767. The van der Waals surface area contributed by atoms with Crippen LogP contribution in [0.4, 0.5) is 0 Å². The Balaban J connectivity index is 3.99. The maximum Gasteiger partial charge on any atom is 0.472 e. The van der Waals surface area contributed by atoms with Gasteiger partial charge in [0.2, 0.25) is 0 Å². The molecule has 0 aromatic rings. The SMILES string of the molecule is CCCCCCCC/C=C\CCCCCCCCCCCC(=O)OC(COCCCCCCCCCCCCC)COP(=O)(O)OCCN. The van der Waals surface area contributed by atoms with Crippen LogP contribution in [0.15, 0.2) is 12.2 Å². The largest absolute Gasteiger partial charge is 0.472 e. The maximum atomic E-state index is 12.5. The fourth-order valence-electron chi connectivity index (χ4n) is 5.87. The molecule has 0 saturated carbocycles. The molecule has 0 saturated heterocycles. The molecule has 0 fully saturated rings. The third kappa shape index (κ3) is 38.3. The van der Waals surface area contributed by atoms with Crippen molar-refractivity contribution in [1.82, 2.24) is 0 Å². The van der Waals surface area contributed by atoms with Crippen LogP contribution in [0.25, 0.3) is 0 Å². The molecule has 0 aliphatic carbocycles. The predicted octanol–water partition coefficient (Wildman–Crippen LogP) is 11.9. The normalized spacial score (nSPS) is 13.6. The van der Waals surface area contributed by atoms with Crippen LogP contribution in [0.3, 0.4) is 0 Å². The summed E-state index contributed by atoms with van der Waals surface area (Å²) in [5, 5.41) is 0. The van der Waals surface area contributed by atoms with Crippen molar-refractivity contribution in [3.63, 3.8) is 0 Å². The van der Waals surface area contributed by atoms with Crippen LogP contribution >= 0.6 is 7.82 Å². The Morgan fingerprint density at radius 2 is 1.02 bits per heavy atom. The molecule has 0 amide bonds. The van der Waals surface area contributed by atoms with E-state index >= 15 is 0 Å². The summed E-state index contributed by atoms with van der Waals surface area (Å²) in [5.74, 6) is -0.330. The van der Waals surface area contributed by atoms with Gasteiger partial charge in [-0.15, -0.1) is 0 Å². The molecule has 0 aliphatic heterocycles. The maximum absolute atomic E-state index is 12.5. The zero-order valence-electron chi connectivity index (χ0n) is 32.2. The number of carbonyl (C=O) groups is 1. The van der Waals surface area contributed by atoms with Crippen LogP contribution in [0.2, 0.25) is 0 Å². The number of ether oxygens (including phenoxy) is 2. The monoisotopic (exact) mass is 718 g/mol. The lowest BCUT2D eigenvalue weighted by Crippen LogP contribution is -2.28. The smallest absolute Gasteiger partial charge is 0.457 e. The number of phosphoric ester groups is 1. The molecule has 2 atom stereocenters. The van der Waals surface area contributed by atoms with Gasteiger partial charge in [0, 0.05) is 19.6 Å².